The standard InChI is InChI=1S/C15H22N2O3/c1-17(15(18)11-16-12-3-4-12)9-10-20-14-7-5-13(19-2)6-8-14/h5-8,12,16H,3-4,9-11H2,1-2H3. The zero-order valence-corrected chi connectivity index (χ0v) is 12.1. The fourth-order valence-corrected chi connectivity index (χ4v) is 1.75. The maximum absolute atomic E-state index is 11.8. The van der Waals surface area contributed by atoms with Gasteiger partial charge < -0.3 is 19.7 Å². The summed E-state index contributed by atoms with van der Waals surface area (Å²) in [5.41, 5.74) is 0. The first-order chi connectivity index (χ1) is 9.69. The van der Waals surface area contributed by atoms with Gasteiger partial charge >= 0.3 is 0 Å². The lowest BCUT2D eigenvalue weighted by molar-refractivity contribution is -0.129. The molecule has 1 saturated carbocycles. The van der Waals surface area contributed by atoms with E-state index in [1.165, 1.54) is 12.8 Å². The molecule has 110 valence electrons. The summed E-state index contributed by atoms with van der Waals surface area (Å²) in [5.74, 6) is 1.69. The molecule has 0 saturated heterocycles. The number of methoxy groups -OCH3 is 1. The van der Waals surface area contributed by atoms with Crippen LogP contribution in [0.15, 0.2) is 24.3 Å². The smallest absolute Gasteiger partial charge is 0.236 e. The monoisotopic (exact) mass is 278 g/mol. The molecule has 1 aromatic rings. The van der Waals surface area contributed by atoms with Crippen molar-refractivity contribution in [3.63, 3.8) is 0 Å². The van der Waals surface area contributed by atoms with E-state index in [9.17, 15) is 4.79 Å². The maximum atomic E-state index is 11.8. The number of benzene rings is 1. The summed E-state index contributed by atoms with van der Waals surface area (Å²) in [4.78, 5) is 13.5. The number of rotatable bonds is 8. The lowest BCUT2D eigenvalue weighted by atomic mass is 10.3. The predicted octanol–water partition coefficient (Wildman–Crippen LogP) is 1.28. The minimum atomic E-state index is 0.107. The number of nitrogens with one attached hydrogen (secondary N) is 1. The average Bonchev–Trinajstić information content (AvgIpc) is 3.29. The SMILES string of the molecule is COc1ccc(OCCN(C)C(=O)CNC2CC2)cc1. The predicted molar refractivity (Wildman–Crippen MR) is 77.2 cm³/mol. The van der Waals surface area contributed by atoms with Gasteiger partial charge in [0.15, 0.2) is 0 Å². The van der Waals surface area contributed by atoms with Crippen molar-refractivity contribution in [1.82, 2.24) is 10.2 Å². The van der Waals surface area contributed by atoms with Gasteiger partial charge in [-0.2, -0.15) is 0 Å². The highest BCUT2D eigenvalue weighted by Crippen LogP contribution is 2.18. The maximum Gasteiger partial charge on any atom is 0.236 e. The van der Waals surface area contributed by atoms with Crippen molar-refractivity contribution < 1.29 is 14.3 Å². The lowest BCUT2D eigenvalue weighted by Gasteiger charge is -2.17. The van der Waals surface area contributed by atoms with Crippen molar-refractivity contribution in [2.75, 3.05) is 33.9 Å². The van der Waals surface area contributed by atoms with Gasteiger partial charge in [0.05, 0.1) is 20.2 Å². The van der Waals surface area contributed by atoms with Crippen LogP contribution in [0.3, 0.4) is 0 Å². The zero-order valence-electron chi connectivity index (χ0n) is 12.1. The molecule has 1 N–H and O–H groups in total. The zero-order chi connectivity index (χ0) is 14.4. The number of hydrogen-bond acceptors (Lipinski definition) is 4. The summed E-state index contributed by atoms with van der Waals surface area (Å²) in [5, 5.41) is 3.21. The van der Waals surface area contributed by atoms with Gasteiger partial charge in [0.2, 0.25) is 5.91 Å². The van der Waals surface area contributed by atoms with E-state index in [-0.39, 0.29) is 5.91 Å². The molecule has 1 amide bonds. The van der Waals surface area contributed by atoms with Crippen LogP contribution in [0.1, 0.15) is 12.8 Å². The molecule has 0 spiro atoms. The molecule has 20 heavy (non-hydrogen) atoms. The van der Waals surface area contributed by atoms with Crippen LogP contribution < -0.4 is 14.8 Å². The summed E-state index contributed by atoms with van der Waals surface area (Å²) in [6, 6.07) is 7.97. The van der Waals surface area contributed by atoms with Gasteiger partial charge in [-0.25, -0.2) is 0 Å². The van der Waals surface area contributed by atoms with Crippen molar-refractivity contribution >= 4 is 5.91 Å². The summed E-state index contributed by atoms with van der Waals surface area (Å²) in [7, 11) is 3.43. The van der Waals surface area contributed by atoms with Crippen LogP contribution in [-0.2, 0) is 4.79 Å². The molecular weight excluding hydrogens is 256 g/mol. The topological polar surface area (TPSA) is 50.8 Å². The Hall–Kier alpha value is -1.75. The molecule has 0 heterocycles. The number of hydrogen-bond donors (Lipinski definition) is 1. The third-order valence-electron chi connectivity index (χ3n) is 3.30. The van der Waals surface area contributed by atoms with Gasteiger partial charge in [-0.15, -0.1) is 0 Å². The van der Waals surface area contributed by atoms with Crippen molar-refractivity contribution in [1.29, 1.82) is 0 Å². The van der Waals surface area contributed by atoms with E-state index in [0.717, 1.165) is 11.5 Å². The highest BCUT2D eigenvalue weighted by molar-refractivity contribution is 5.78. The molecule has 5 nitrogen and oxygen atoms in total. The first-order valence-corrected chi connectivity index (χ1v) is 6.93. The first kappa shape index (κ1) is 14.7. The summed E-state index contributed by atoms with van der Waals surface area (Å²) in [6.07, 6.45) is 2.38. The molecule has 0 aromatic heterocycles. The van der Waals surface area contributed by atoms with E-state index >= 15 is 0 Å². The Morgan fingerprint density at radius 3 is 2.55 bits per heavy atom. The summed E-state index contributed by atoms with van der Waals surface area (Å²) < 4.78 is 10.7. The van der Waals surface area contributed by atoms with Gasteiger partial charge in [-0.05, 0) is 37.1 Å². The molecule has 2 rings (SSSR count). The molecule has 1 aliphatic carbocycles. The quantitative estimate of drug-likeness (QED) is 0.778. The largest absolute Gasteiger partial charge is 0.497 e. The van der Waals surface area contributed by atoms with E-state index in [4.69, 9.17) is 9.47 Å². The molecule has 0 bridgehead atoms. The second kappa shape index (κ2) is 7.14. The normalized spacial score (nSPS) is 13.9. The Labute approximate surface area is 119 Å². The second-order valence-electron chi connectivity index (χ2n) is 4.99. The lowest BCUT2D eigenvalue weighted by Crippen LogP contribution is -2.38. The van der Waals surface area contributed by atoms with Crippen LogP contribution in [-0.4, -0.2) is 50.7 Å². The minimum Gasteiger partial charge on any atom is -0.497 e. The minimum absolute atomic E-state index is 0.107. The third-order valence-corrected chi connectivity index (χ3v) is 3.30. The van der Waals surface area contributed by atoms with Crippen LogP contribution in [0, 0.1) is 0 Å². The third kappa shape index (κ3) is 4.74. The van der Waals surface area contributed by atoms with Gasteiger partial charge in [0, 0.05) is 13.1 Å². The number of amides is 1. The average molecular weight is 278 g/mol. The Morgan fingerprint density at radius 1 is 1.30 bits per heavy atom. The molecule has 0 radical (unpaired) electrons. The Balaban J connectivity index is 1.64. The van der Waals surface area contributed by atoms with Crippen LogP contribution in [0.5, 0.6) is 11.5 Å². The Kier molecular flexibility index (Phi) is 5.24. The van der Waals surface area contributed by atoms with Gasteiger partial charge in [0.25, 0.3) is 0 Å². The number of likely N-dealkylation sites (N-methyl/N-ethyl adjacent to an activating group) is 1. The van der Waals surface area contributed by atoms with E-state index in [1.807, 2.05) is 24.3 Å². The summed E-state index contributed by atoms with van der Waals surface area (Å²) >= 11 is 0. The van der Waals surface area contributed by atoms with E-state index in [0.29, 0.717) is 25.7 Å². The summed E-state index contributed by atoms with van der Waals surface area (Å²) in [6.45, 7) is 1.49. The van der Waals surface area contributed by atoms with E-state index in [1.54, 1.807) is 19.1 Å². The van der Waals surface area contributed by atoms with Crippen LogP contribution >= 0.6 is 0 Å². The van der Waals surface area contributed by atoms with Gasteiger partial charge in [-0.3, -0.25) is 4.79 Å². The highest BCUT2D eigenvalue weighted by atomic mass is 16.5. The second-order valence-corrected chi connectivity index (χ2v) is 4.99. The van der Waals surface area contributed by atoms with E-state index in [2.05, 4.69) is 5.32 Å². The number of carbonyl (C=O) groups is 1. The number of nitrogens with zero attached hydrogens (tertiary/aromatic N) is 1. The Morgan fingerprint density at radius 2 is 1.95 bits per heavy atom. The highest BCUT2D eigenvalue weighted by Gasteiger charge is 2.21. The molecule has 0 atom stereocenters. The van der Waals surface area contributed by atoms with Crippen LogP contribution in [0.4, 0.5) is 0 Å². The van der Waals surface area contributed by atoms with Crippen molar-refractivity contribution in [3.8, 4) is 11.5 Å². The van der Waals surface area contributed by atoms with Crippen LogP contribution in [0.25, 0.3) is 0 Å². The van der Waals surface area contributed by atoms with Gasteiger partial charge in [-0.1, -0.05) is 0 Å². The molecule has 0 aliphatic heterocycles. The van der Waals surface area contributed by atoms with Crippen LogP contribution in [0.2, 0.25) is 0 Å². The molecule has 1 fully saturated rings. The van der Waals surface area contributed by atoms with Gasteiger partial charge in [0.1, 0.15) is 18.1 Å². The molecule has 1 aliphatic rings. The first-order valence-electron chi connectivity index (χ1n) is 6.93. The Bertz CT molecular complexity index is 429. The van der Waals surface area contributed by atoms with Crippen molar-refractivity contribution in [2.45, 2.75) is 18.9 Å². The van der Waals surface area contributed by atoms with E-state index < -0.39 is 0 Å². The molecule has 1 aromatic carbocycles. The fourth-order valence-electron chi connectivity index (χ4n) is 1.75. The number of carbonyl (C=O) groups excluding carboxylic acids is 1. The van der Waals surface area contributed by atoms with Crippen molar-refractivity contribution in [3.05, 3.63) is 24.3 Å². The van der Waals surface area contributed by atoms with Crippen molar-refractivity contribution in [2.24, 2.45) is 0 Å². The molecule has 0 unspecified atom stereocenters. The fraction of sp³-hybridized carbons (Fsp3) is 0.533. The molecular formula is C15H22N2O3. The number of ether oxygens (including phenoxy) is 2. The molecule has 5 heteroatoms.